The van der Waals surface area contributed by atoms with E-state index in [1.54, 1.807) is 14.2 Å². The fraction of sp³-hybridized carbons (Fsp3) is 0.536. The molecule has 2 bridgehead atoms. The van der Waals surface area contributed by atoms with Crippen molar-refractivity contribution in [1.29, 1.82) is 0 Å². The Bertz CT molecular complexity index is 1080. The summed E-state index contributed by atoms with van der Waals surface area (Å²) in [4.78, 5) is 17.2. The van der Waals surface area contributed by atoms with Crippen LogP contribution in [0, 0.1) is 11.3 Å². The van der Waals surface area contributed by atoms with Crippen molar-refractivity contribution in [3.8, 4) is 22.6 Å². The number of fused-ring (bicyclic) bond motifs is 4. The van der Waals surface area contributed by atoms with Crippen LogP contribution in [0.25, 0.3) is 11.1 Å². The van der Waals surface area contributed by atoms with Gasteiger partial charge in [0.15, 0.2) is 0 Å². The monoisotopic (exact) mass is 462 g/mol. The standard InChI is InChI=1S/C28H34N2O4/c1-33-22-14-21(15-23(16-22)34-2)19-3-4-24-20(13-19)5-8-28(9-10-28)26(24)30(27(31)32)25-17-29-11-6-18(25)7-12-29/h3-4,13-16,18,25-26H,5-12,17H2,1-2H3,(H,31,32)/t25-,26?/m1/s1. The molecular formula is C28H34N2O4. The van der Waals surface area contributed by atoms with Crippen LogP contribution < -0.4 is 9.47 Å². The first-order valence-electron chi connectivity index (χ1n) is 12.6. The zero-order valence-electron chi connectivity index (χ0n) is 20.1. The van der Waals surface area contributed by atoms with Gasteiger partial charge in [-0.1, -0.05) is 18.2 Å². The van der Waals surface area contributed by atoms with Crippen LogP contribution in [0.5, 0.6) is 11.5 Å². The first-order valence-corrected chi connectivity index (χ1v) is 12.6. The molecule has 3 aliphatic heterocycles. The molecule has 34 heavy (non-hydrogen) atoms. The molecule has 180 valence electrons. The lowest BCUT2D eigenvalue weighted by molar-refractivity contribution is -0.0243. The third-order valence-electron chi connectivity index (χ3n) is 8.96. The molecule has 0 radical (unpaired) electrons. The summed E-state index contributed by atoms with van der Waals surface area (Å²) in [6.07, 6.45) is 5.85. The first-order chi connectivity index (χ1) is 16.5. The van der Waals surface area contributed by atoms with Gasteiger partial charge in [-0.2, -0.15) is 0 Å². The summed E-state index contributed by atoms with van der Waals surface area (Å²) in [5.41, 5.74) is 4.80. The first kappa shape index (κ1) is 21.8. The zero-order chi connectivity index (χ0) is 23.4. The summed E-state index contributed by atoms with van der Waals surface area (Å²) in [7, 11) is 3.33. The van der Waals surface area contributed by atoms with Crippen molar-refractivity contribution in [1.82, 2.24) is 9.80 Å². The van der Waals surface area contributed by atoms with E-state index in [0.29, 0.717) is 5.92 Å². The summed E-state index contributed by atoms with van der Waals surface area (Å²) in [5, 5.41) is 10.5. The predicted molar refractivity (Wildman–Crippen MR) is 131 cm³/mol. The Labute approximate surface area is 201 Å². The fourth-order valence-corrected chi connectivity index (χ4v) is 6.91. The van der Waals surface area contributed by atoms with Gasteiger partial charge in [0.25, 0.3) is 0 Å². The summed E-state index contributed by atoms with van der Waals surface area (Å²) in [6.45, 7) is 3.13. The van der Waals surface area contributed by atoms with E-state index in [-0.39, 0.29) is 17.5 Å². The third-order valence-corrected chi connectivity index (χ3v) is 8.96. The van der Waals surface area contributed by atoms with Gasteiger partial charge in [0, 0.05) is 12.6 Å². The number of carboxylic acid groups (broad SMARTS) is 1. The average Bonchev–Trinajstić information content (AvgIpc) is 3.65. The van der Waals surface area contributed by atoms with Gasteiger partial charge in [-0.05, 0) is 97.3 Å². The largest absolute Gasteiger partial charge is 0.497 e. The van der Waals surface area contributed by atoms with E-state index in [9.17, 15) is 9.90 Å². The summed E-state index contributed by atoms with van der Waals surface area (Å²) in [5.74, 6) is 2.02. The number of methoxy groups -OCH3 is 2. The Morgan fingerprint density at radius 1 is 1.00 bits per heavy atom. The highest BCUT2D eigenvalue weighted by Gasteiger charge is 2.57. The second kappa shape index (κ2) is 8.19. The Kier molecular flexibility index (Phi) is 5.25. The number of benzene rings is 2. The Morgan fingerprint density at radius 3 is 2.26 bits per heavy atom. The van der Waals surface area contributed by atoms with Crippen molar-refractivity contribution in [2.24, 2.45) is 11.3 Å². The van der Waals surface area contributed by atoms with E-state index >= 15 is 0 Å². The van der Waals surface area contributed by atoms with Crippen LogP contribution in [-0.2, 0) is 6.42 Å². The highest BCUT2D eigenvalue weighted by molar-refractivity contribution is 5.70. The lowest BCUT2D eigenvalue weighted by atomic mass is 9.73. The SMILES string of the molecule is COc1cc(OC)cc(-c2ccc3c(c2)CCC2(CC2)C3N(C(=O)O)[C@@H]2CN3CCC2CC3)c1. The summed E-state index contributed by atoms with van der Waals surface area (Å²) < 4.78 is 11.0. The van der Waals surface area contributed by atoms with Gasteiger partial charge in [-0.3, -0.25) is 4.90 Å². The van der Waals surface area contributed by atoms with Crippen molar-refractivity contribution >= 4 is 6.09 Å². The molecule has 1 amide bonds. The minimum atomic E-state index is -0.746. The lowest BCUT2D eigenvalue weighted by Gasteiger charge is -2.52. The number of hydrogen-bond acceptors (Lipinski definition) is 4. The molecule has 1 spiro atoms. The summed E-state index contributed by atoms with van der Waals surface area (Å²) >= 11 is 0. The molecule has 2 atom stereocenters. The van der Waals surface area contributed by atoms with Crippen LogP contribution in [0.3, 0.4) is 0 Å². The minimum Gasteiger partial charge on any atom is -0.497 e. The summed E-state index contributed by atoms with van der Waals surface area (Å²) in [6, 6.07) is 12.6. The molecule has 6 nitrogen and oxygen atoms in total. The topological polar surface area (TPSA) is 62.2 Å². The molecule has 2 aromatic rings. The van der Waals surface area contributed by atoms with E-state index in [1.807, 2.05) is 23.1 Å². The fourth-order valence-electron chi connectivity index (χ4n) is 6.91. The van der Waals surface area contributed by atoms with Gasteiger partial charge in [0.2, 0.25) is 0 Å². The maximum Gasteiger partial charge on any atom is 0.408 e. The molecule has 0 aromatic heterocycles. The zero-order valence-corrected chi connectivity index (χ0v) is 20.1. The highest BCUT2D eigenvalue weighted by Crippen LogP contribution is 2.64. The number of aryl methyl sites for hydroxylation is 1. The number of rotatable bonds is 5. The van der Waals surface area contributed by atoms with E-state index in [0.717, 1.165) is 80.8 Å². The maximum absolute atomic E-state index is 12.8. The Balaban J connectivity index is 1.40. The number of nitrogens with zero attached hydrogens (tertiary/aromatic N) is 2. The Morgan fingerprint density at radius 2 is 1.71 bits per heavy atom. The second-order valence-electron chi connectivity index (χ2n) is 10.7. The molecule has 6 heteroatoms. The molecule has 7 rings (SSSR count). The van der Waals surface area contributed by atoms with Crippen LogP contribution in [0.1, 0.15) is 49.3 Å². The highest BCUT2D eigenvalue weighted by atomic mass is 16.5. The van der Waals surface area contributed by atoms with Crippen LogP contribution in [0.2, 0.25) is 0 Å². The third kappa shape index (κ3) is 3.54. The van der Waals surface area contributed by atoms with Gasteiger partial charge in [-0.25, -0.2) is 4.79 Å². The van der Waals surface area contributed by atoms with Crippen LogP contribution >= 0.6 is 0 Å². The van der Waals surface area contributed by atoms with Crippen molar-refractivity contribution < 1.29 is 19.4 Å². The molecule has 1 saturated carbocycles. The number of hydrogen-bond donors (Lipinski definition) is 1. The molecule has 3 saturated heterocycles. The number of piperidine rings is 3. The molecule has 3 heterocycles. The molecule has 4 fully saturated rings. The van der Waals surface area contributed by atoms with Gasteiger partial charge < -0.3 is 19.5 Å². The van der Waals surface area contributed by atoms with Crippen molar-refractivity contribution in [2.45, 2.75) is 50.6 Å². The van der Waals surface area contributed by atoms with Gasteiger partial charge in [-0.15, -0.1) is 0 Å². The number of carbonyl (C=O) groups is 1. The van der Waals surface area contributed by atoms with E-state index in [2.05, 4.69) is 23.1 Å². The predicted octanol–water partition coefficient (Wildman–Crippen LogP) is 5.21. The molecule has 1 N–H and O–H groups in total. The quantitative estimate of drug-likeness (QED) is 0.661. The van der Waals surface area contributed by atoms with Gasteiger partial charge in [0.05, 0.1) is 26.3 Å². The molecule has 5 aliphatic rings. The second-order valence-corrected chi connectivity index (χ2v) is 10.7. The van der Waals surface area contributed by atoms with Crippen LogP contribution in [0.4, 0.5) is 4.79 Å². The van der Waals surface area contributed by atoms with Crippen molar-refractivity contribution in [3.63, 3.8) is 0 Å². The van der Waals surface area contributed by atoms with E-state index in [4.69, 9.17) is 9.47 Å². The van der Waals surface area contributed by atoms with E-state index < -0.39 is 6.09 Å². The minimum absolute atomic E-state index is 0.0341. The number of amides is 1. The van der Waals surface area contributed by atoms with Gasteiger partial charge in [0.1, 0.15) is 11.5 Å². The van der Waals surface area contributed by atoms with Crippen LogP contribution in [-0.4, -0.2) is 60.9 Å². The molecule has 2 aliphatic carbocycles. The maximum atomic E-state index is 12.8. The smallest absolute Gasteiger partial charge is 0.408 e. The van der Waals surface area contributed by atoms with E-state index in [1.165, 1.54) is 11.1 Å². The normalized spacial score (nSPS) is 28.3. The average molecular weight is 463 g/mol. The molecular weight excluding hydrogens is 428 g/mol. The van der Waals surface area contributed by atoms with Crippen molar-refractivity contribution in [3.05, 3.63) is 47.5 Å². The lowest BCUT2D eigenvalue weighted by Crippen LogP contribution is -2.60. The molecule has 2 aromatic carbocycles. The Hall–Kier alpha value is -2.73. The van der Waals surface area contributed by atoms with Crippen molar-refractivity contribution in [2.75, 3.05) is 33.9 Å². The number of ether oxygens (including phenoxy) is 2. The van der Waals surface area contributed by atoms with Gasteiger partial charge >= 0.3 is 6.09 Å². The van der Waals surface area contributed by atoms with Crippen LogP contribution in [0.15, 0.2) is 36.4 Å². The molecule has 1 unspecified atom stereocenters.